The lowest BCUT2D eigenvalue weighted by molar-refractivity contribution is 0.0953. The molecular weight excluding hydrogens is 482 g/mol. The van der Waals surface area contributed by atoms with Crippen LogP contribution >= 0.6 is 27.5 Å². The largest absolute Gasteiger partial charge is 0.508 e. The van der Waals surface area contributed by atoms with Gasteiger partial charge in [0.05, 0.1) is 16.4 Å². The number of nitrogens with zero attached hydrogens (tertiary/aromatic N) is 3. The van der Waals surface area contributed by atoms with Crippen molar-refractivity contribution in [2.24, 2.45) is 0 Å². The number of anilines is 1. The van der Waals surface area contributed by atoms with Gasteiger partial charge in [-0.25, -0.2) is 4.98 Å². The third-order valence-electron chi connectivity index (χ3n) is 4.63. The number of hydrogen-bond acceptors (Lipinski definition) is 5. The zero-order chi connectivity index (χ0) is 21.8. The van der Waals surface area contributed by atoms with E-state index < -0.39 is 0 Å². The molecule has 3 N–H and O–H groups in total. The van der Waals surface area contributed by atoms with Gasteiger partial charge in [-0.15, -0.1) is 0 Å². The first-order valence-electron chi connectivity index (χ1n) is 9.63. The second kappa shape index (κ2) is 9.36. The summed E-state index contributed by atoms with van der Waals surface area (Å²) in [5.41, 5.74) is 2.67. The third kappa shape index (κ3) is 4.81. The molecule has 0 atom stereocenters. The van der Waals surface area contributed by atoms with Crippen LogP contribution in [-0.2, 0) is 0 Å². The van der Waals surface area contributed by atoms with Crippen molar-refractivity contribution >= 4 is 44.9 Å². The summed E-state index contributed by atoms with van der Waals surface area (Å²) in [4.78, 5) is 16.8. The number of nitrogens with one attached hydrogen (secondary N) is 2. The normalized spacial score (nSPS) is 10.9. The summed E-state index contributed by atoms with van der Waals surface area (Å²) in [7, 11) is 0. The fourth-order valence-corrected chi connectivity index (χ4v) is 3.71. The molecule has 0 bridgehead atoms. The van der Waals surface area contributed by atoms with Gasteiger partial charge in [-0.05, 0) is 46.6 Å². The van der Waals surface area contributed by atoms with E-state index in [9.17, 15) is 9.90 Å². The molecule has 9 heteroatoms. The Morgan fingerprint density at radius 3 is 2.77 bits per heavy atom. The van der Waals surface area contributed by atoms with Gasteiger partial charge in [-0.2, -0.15) is 9.61 Å². The van der Waals surface area contributed by atoms with Gasteiger partial charge < -0.3 is 15.7 Å². The van der Waals surface area contributed by atoms with Gasteiger partial charge in [0.15, 0.2) is 5.65 Å². The van der Waals surface area contributed by atoms with Crippen LogP contribution in [0.3, 0.4) is 0 Å². The number of amides is 1. The van der Waals surface area contributed by atoms with E-state index in [0.717, 1.165) is 21.5 Å². The van der Waals surface area contributed by atoms with E-state index in [0.29, 0.717) is 35.7 Å². The lowest BCUT2D eigenvalue weighted by Crippen LogP contribution is -2.25. The Balaban J connectivity index is 1.43. The van der Waals surface area contributed by atoms with E-state index in [1.165, 1.54) is 12.1 Å². The SMILES string of the molecule is O=C(NCCCNc1cc(-c2ccccc2Cl)nc2c(Br)cnn12)c1cccc(O)c1. The van der Waals surface area contributed by atoms with Crippen LogP contribution in [0, 0.1) is 0 Å². The smallest absolute Gasteiger partial charge is 0.251 e. The van der Waals surface area contributed by atoms with E-state index in [1.807, 2.05) is 30.3 Å². The molecule has 0 saturated carbocycles. The second-order valence-electron chi connectivity index (χ2n) is 6.82. The van der Waals surface area contributed by atoms with Gasteiger partial charge in [0.2, 0.25) is 0 Å². The molecule has 158 valence electrons. The molecule has 0 spiro atoms. The van der Waals surface area contributed by atoms with E-state index in [4.69, 9.17) is 11.6 Å². The lowest BCUT2D eigenvalue weighted by Gasteiger charge is -2.12. The topological polar surface area (TPSA) is 91.5 Å². The van der Waals surface area contributed by atoms with Crippen molar-refractivity contribution in [1.82, 2.24) is 19.9 Å². The standard InChI is InChI=1S/C22H19BrClN5O2/c23-17-13-27-29-20(12-19(28-21(17)29)16-7-1-2-8-18(16)24)25-9-4-10-26-22(31)14-5-3-6-15(30)11-14/h1-3,5-8,11-13,25,30H,4,9-10H2,(H,26,31). The van der Waals surface area contributed by atoms with Gasteiger partial charge in [-0.1, -0.05) is 35.9 Å². The summed E-state index contributed by atoms with van der Waals surface area (Å²) in [5.74, 6) is 0.611. The highest BCUT2D eigenvalue weighted by molar-refractivity contribution is 9.10. The molecule has 0 saturated heterocycles. The van der Waals surface area contributed by atoms with Crippen molar-refractivity contribution < 1.29 is 9.90 Å². The Morgan fingerprint density at radius 1 is 1.13 bits per heavy atom. The predicted octanol–water partition coefficient (Wildman–Crippen LogP) is 4.75. The van der Waals surface area contributed by atoms with Crippen molar-refractivity contribution in [2.45, 2.75) is 6.42 Å². The third-order valence-corrected chi connectivity index (χ3v) is 5.52. The van der Waals surface area contributed by atoms with Crippen molar-refractivity contribution in [3.63, 3.8) is 0 Å². The number of phenolic OH excluding ortho intramolecular Hbond substituents is 1. The highest BCUT2D eigenvalue weighted by atomic mass is 79.9. The number of aromatic hydroxyl groups is 1. The summed E-state index contributed by atoms with van der Waals surface area (Å²) in [6.45, 7) is 1.09. The molecule has 0 unspecified atom stereocenters. The molecular formula is C22H19BrClN5O2. The van der Waals surface area contributed by atoms with E-state index in [1.54, 1.807) is 22.8 Å². The molecule has 0 aliphatic carbocycles. The summed E-state index contributed by atoms with van der Waals surface area (Å²) >= 11 is 9.85. The molecule has 0 aliphatic rings. The monoisotopic (exact) mass is 499 g/mol. The number of carbonyl (C=O) groups excluding carboxylic acids is 1. The van der Waals surface area contributed by atoms with Crippen molar-refractivity contribution in [2.75, 3.05) is 18.4 Å². The first-order valence-corrected chi connectivity index (χ1v) is 10.8. The summed E-state index contributed by atoms with van der Waals surface area (Å²) in [6.07, 6.45) is 2.39. The zero-order valence-electron chi connectivity index (χ0n) is 16.3. The Hall–Kier alpha value is -3.10. The Bertz CT molecular complexity index is 1240. The van der Waals surface area contributed by atoms with E-state index >= 15 is 0 Å². The molecule has 1 amide bonds. The number of hydrogen-bond donors (Lipinski definition) is 3. The van der Waals surface area contributed by atoms with Crippen molar-refractivity contribution in [3.8, 4) is 17.0 Å². The number of aromatic nitrogens is 3. The van der Waals surface area contributed by atoms with Gasteiger partial charge in [0.25, 0.3) is 5.91 Å². The maximum atomic E-state index is 12.2. The molecule has 2 heterocycles. The molecule has 4 aromatic rings. The van der Waals surface area contributed by atoms with Crippen LogP contribution in [0.2, 0.25) is 5.02 Å². The van der Waals surface area contributed by atoms with Gasteiger partial charge >= 0.3 is 0 Å². The Labute approximate surface area is 192 Å². The minimum absolute atomic E-state index is 0.0655. The Kier molecular flexibility index (Phi) is 6.39. The number of carbonyl (C=O) groups is 1. The number of halogens is 2. The van der Waals surface area contributed by atoms with Crippen molar-refractivity contribution in [3.05, 3.63) is 75.9 Å². The highest BCUT2D eigenvalue weighted by Crippen LogP contribution is 2.30. The van der Waals surface area contributed by atoms with Crippen LogP contribution in [0.4, 0.5) is 5.82 Å². The van der Waals surface area contributed by atoms with Gasteiger partial charge in [0, 0.05) is 35.3 Å². The molecule has 0 aliphatic heterocycles. The van der Waals surface area contributed by atoms with Crippen LogP contribution in [0.1, 0.15) is 16.8 Å². The fraction of sp³-hybridized carbons (Fsp3) is 0.136. The summed E-state index contributed by atoms with van der Waals surface area (Å²) in [6, 6.07) is 15.7. The van der Waals surface area contributed by atoms with Crippen LogP contribution in [0.5, 0.6) is 5.75 Å². The zero-order valence-corrected chi connectivity index (χ0v) is 18.7. The average Bonchev–Trinajstić information content (AvgIpc) is 3.14. The maximum Gasteiger partial charge on any atom is 0.251 e. The van der Waals surface area contributed by atoms with Crippen LogP contribution in [0.25, 0.3) is 16.9 Å². The number of fused-ring (bicyclic) bond motifs is 1. The van der Waals surface area contributed by atoms with Crippen molar-refractivity contribution in [1.29, 1.82) is 0 Å². The molecule has 7 nitrogen and oxygen atoms in total. The average molecular weight is 501 g/mol. The number of phenols is 1. The van der Waals surface area contributed by atoms with Crippen LogP contribution in [-0.4, -0.2) is 38.7 Å². The van der Waals surface area contributed by atoms with Gasteiger partial charge in [0.1, 0.15) is 11.6 Å². The maximum absolute atomic E-state index is 12.2. The van der Waals surface area contributed by atoms with Crippen LogP contribution in [0.15, 0.2) is 65.3 Å². The second-order valence-corrected chi connectivity index (χ2v) is 8.08. The summed E-state index contributed by atoms with van der Waals surface area (Å²) < 4.78 is 2.50. The summed E-state index contributed by atoms with van der Waals surface area (Å²) in [5, 5.41) is 20.7. The quantitative estimate of drug-likeness (QED) is 0.319. The molecule has 0 radical (unpaired) electrons. The lowest BCUT2D eigenvalue weighted by atomic mass is 10.1. The molecule has 4 rings (SSSR count). The predicted molar refractivity (Wildman–Crippen MR) is 125 cm³/mol. The molecule has 2 aromatic carbocycles. The highest BCUT2D eigenvalue weighted by Gasteiger charge is 2.13. The molecule has 0 fully saturated rings. The minimum atomic E-state index is -0.223. The van der Waals surface area contributed by atoms with E-state index in [2.05, 4.69) is 36.6 Å². The minimum Gasteiger partial charge on any atom is -0.508 e. The number of benzene rings is 2. The Morgan fingerprint density at radius 2 is 1.97 bits per heavy atom. The first kappa shape index (κ1) is 21.1. The molecule has 31 heavy (non-hydrogen) atoms. The van der Waals surface area contributed by atoms with E-state index in [-0.39, 0.29) is 11.7 Å². The molecule has 2 aromatic heterocycles. The fourth-order valence-electron chi connectivity index (χ4n) is 3.12. The first-order chi connectivity index (χ1) is 15.0. The van der Waals surface area contributed by atoms with Crippen LogP contribution < -0.4 is 10.6 Å². The van der Waals surface area contributed by atoms with Gasteiger partial charge in [-0.3, -0.25) is 4.79 Å². The number of rotatable bonds is 7.